The molecule has 1 rings (SSSR count). The van der Waals surface area contributed by atoms with Crippen LogP contribution in [0.15, 0.2) is 24.3 Å². The molecule has 0 aliphatic rings. The van der Waals surface area contributed by atoms with Crippen LogP contribution in [0.3, 0.4) is 0 Å². The van der Waals surface area contributed by atoms with Gasteiger partial charge in [0, 0.05) is 6.42 Å². The van der Waals surface area contributed by atoms with Crippen LogP contribution in [0.4, 0.5) is 0 Å². The van der Waals surface area contributed by atoms with Crippen LogP contribution in [0.5, 0.6) is 0 Å². The van der Waals surface area contributed by atoms with Gasteiger partial charge in [0.05, 0.1) is 0 Å². The van der Waals surface area contributed by atoms with Gasteiger partial charge in [0.15, 0.2) is 0 Å². The van der Waals surface area contributed by atoms with Crippen LogP contribution in [-0.2, 0) is 11.2 Å². The highest BCUT2D eigenvalue weighted by molar-refractivity contribution is 5.75. The largest absolute Gasteiger partial charge is 0.300 e. The average molecular weight is 190 g/mol. The number of rotatable bonds is 4. The van der Waals surface area contributed by atoms with E-state index in [1.165, 1.54) is 11.1 Å². The Morgan fingerprint density at radius 2 is 2.14 bits per heavy atom. The average Bonchev–Trinajstić information content (AvgIpc) is 2.01. The molecule has 0 N–H and O–H groups in total. The number of carbonyl (C=O) groups excluding carboxylic acids is 1. The van der Waals surface area contributed by atoms with Crippen molar-refractivity contribution in [3.8, 4) is 0 Å². The lowest BCUT2D eigenvalue weighted by molar-refractivity contribution is -0.117. The van der Waals surface area contributed by atoms with Crippen LogP contribution < -0.4 is 0 Å². The van der Waals surface area contributed by atoms with Gasteiger partial charge in [-0.2, -0.15) is 0 Å². The van der Waals surface area contributed by atoms with Crippen molar-refractivity contribution in [1.29, 1.82) is 0 Å². The highest BCUT2D eigenvalue weighted by Gasteiger charge is 2.06. The molecule has 0 bridgehead atoms. The lowest BCUT2D eigenvalue weighted by Crippen LogP contribution is -2.05. The van der Waals surface area contributed by atoms with E-state index in [-0.39, 0.29) is 5.78 Å². The van der Waals surface area contributed by atoms with Crippen LogP contribution >= 0.6 is 0 Å². The van der Waals surface area contributed by atoms with E-state index in [0.717, 1.165) is 6.42 Å². The normalized spacial score (nSPS) is 12.5. The molecule has 1 aromatic rings. The number of ketones is 1. The number of hydrogen-bond acceptors (Lipinski definition) is 1. The molecule has 0 fully saturated rings. The molecular formula is C13H18O. The molecule has 0 saturated carbocycles. The second-order valence-corrected chi connectivity index (χ2v) is 4.20. The van der Waals surface area contributed by atoms with E-state index < -0.39 is 0 Å². The Kier molecular flexibility index (Phi) is 3.87. The van der Waals surface area contributed by atoms with Crippen molar-refractivity contribution < 1.29 is 4.79 Å². The summed E-state index contributed by atoms with van der Waals surface area (Å²) in [5.41, 5.74) is 2.62. The first-order valence-corrected chi connectivity index (χ1v) is 5.13. The molecule has 76 valence electrons. The van der Waals surface area contributed by atoms with Crippen molar-refractivity contribution in [2.24, 2.45) is 5.92 Å². The maximum absolute atomic E-state index is 10.9. The van der Waals surface area contributed by atoms with Gasteiger partial charge in [-0.15, -0.1) is 0 Å². The van der Waals surface area contributed by atoms with E-state index in [2.05, 4.69) is 38.1 Å². The molecule has 0 radical (unpaired) electrons. The first-order chi connectivity index (χ1) is 6.58. The molecule has 1 heteroatoms. The highest BCUT2D eigenvalue weighted by atomic mass is 16.1. The number of carbonyl (C=O) groups is 1. The summed E-state index contributed by atoms with van der Waals surface area (Å²) < 4.78 is 0. The molecule has 1 atom stereocenters. The van der Waals surface area contributed by atoms with Gasteiger partial charge in [0.1, 0.15) is 5.78 Å². The topological polar surface area (TPSA) is 17.1 Å². The Morgan fingerprint density at radius 3 is 2.71 bits per heavy atom. The van der Waals surface area contributed by atoms with Crippen LogP contribution in [-0.4, -0.2) is 5.78 Å². The fraction of sp³-hybridized carbons (Fsp3) is 0.462. The highest BCUT2D eigenvalue weighted by Crippen LogP contribution is 2.13. The van der Waals surface area contributed by atoms with Gasteiger partial charge in [0.2, 0.25) is 0 Å². The molecule has 0 heterocycles. The minimum atomic E-state index is 0.283. The third-order valence-electron chi connectivity index (χ3n) is 2.30. The lowest BCUT2D eigenvalue weighted by Gasteiger charge is -2.09. The summed E-state index contributed by atoms with van der Waals surface area (Å²) in [5, 5.41) is 0. The van der Waals surface area contributed by atoms with Crippen molar-refractivity contribution in [3.63, 3.8) is 0 Å². The summed E-state index contributed by atoms with van der Waals surface area (Å²) in [4.78, 5) is 10.9. The summed E-state index contributed by atoms with van der Waals surface area (Å²) in [6.45, 7) is 5.88. The smallest absolute Gasteiger partial charge is 0.130 e. The van der Waals surface area contributed by atoms with Crippen molar-refractivity contribution in [2.45, 2.75) is 33.6 Å². The fourth-order valence-electron chi connectivity index (χ4n) is 1.80. The Hall–Kier alpha value is -1.11. The molecule has 0 saturated heterocycles. The number of benzene rings is 1. The molecule has 0 amide bonds. The van der Waals surface area contributed by atoms with E-state index in [1.54, 1.807) is 6.92 Å². The minimum Gasteiger partial charge on any atom is -0.300 e. The monoisotopic (exact) mass is 190 g/mol. The van der Waals surface area contributed by atoms with Crippen molar-refractivity contribution in [3.05, 3.63) is 35.4 Å². The third kappa shape index (κ3) is 3.73. The first kappa shape index (κ1) is 11.0. The zero-order chi connectivity index (χ0) is 10.6. The van der Waals surface area contributed by atoms with Gasteiger partial charge in [-0.3, -0.25) is 0 Å². The van der Waals surface area contributed by atoms with Gasteiger partial charge >= 0.3 is 0 Å². The van der Waals surface area contributed by atoms with E-state index >= 15 is 0 Å². The van der Waals surface area contributed by atoms with Crippen LogP contribution in [0.1, 0.15) is 31.4 Å². The van der Waals surface area contributed by atoms with E-state index in [9.17, 15) is 4.79 Å². The summed E-state index contributed by atoms with van der Waals surface area (Å²) in [7, 11) is 0. The van der Waals surface area contributed by atoms with E-state index in [1.807, 2.05) is 0 Å². The maximum atomic E-state index is 10.9. The van der Waals surface area contributed by atoms with Crippen molar-refractivity contribution in [2.75, 3.05) is 0 Å². The zero-order valence-electron chi connectivity index (χ0n) is 9.21. The van der Waals surface area contributed by atoms with Gasteiger partial charge in [-0.25, -0.2) is 0 Å². The van der Waals surface area contributed by atoms with E-state index in [4.69, 9.17) is 0 Å². The molecule has 0 aromatic heterocycles. The fourth-order valence-corrected chi connectivity index (χ4v) is 1.80. The molecule has 14 heavy (non-hydrogen) atoms. The molecule has 1 unspecified atom stereocenters. The van der Waals surface area contributed by atoms with Crippen LogP contribution in [0.2, 0.25) is 0 Å². The maximum Gasteiger partial charge on any atom is 0.130 e. The summed E-state index contributed by atoms with van der Waals surface area (Å²) in [5.74, 6) is 0.736. The van der Waals surface area contributed by atoms with Crippen LogP contribution in [0.25, 0.3) is 0 Å². The van der Waals surface area contributed by atoms with Gasteiger partial charge < -0.3 is 4.79 Å². The number of Topliss-reactive ketones (excluding diaryl/α,β-unsaturated/α-hetero) is 1. The Morgan fingerprint density at radius 1 is 1.43 bits per heavy atom. The summed E-state index contributed by atoms with van der Waals surface area (Å²) in [6.07, 6.45) is 1.69. The number of hydrogen-bond donors (Lipinski definition) is 0. The quantitative estimate of drug-likeness (QED) is 0.712. The van der Waals surface area contributed by atoms with Crippen molar-refractivity contribution >= 4 is 5.78 Å². The lowest BCUT2D eigenvalue weighted by atomic mass is 9.96. The minimum absolute atomic E-state index is 0.283. The van der Waals surface area contributed by atoms with Gasteiger partial charge in [-0.05, 0) is 31.7 Å². The molecule has 1 aromatic carbocycles. The second kappa shape index (κ2) is 4.94. The predicted molar refractivity (Wildman–Crippen MR) is 59.3 cm³/mol. The number of aryl methyl sites for hydroxylation is 1. The standard InChI is InChI=1S/C13H18O/c1-10-5-4-6-13(8-10)9-11(2)7-12(3)14/h4-6,8,11H,7,9H2,1-3H3. The summed E-state index contributed by atoms with van der Waals surface area (Å²) >= 11 is 0. The zero-order valence-corrected chi connectivity index (χ0v) is 9.21. The van der Waals surface area contributed by atoms with Crippen molar-refractivity contribution in [1.82, 2.24) is 0 Å². The molecule has 0 aliphatic heterocycles. The predicted octanol–water partition coefficient (Wildman–Crippen LogP) is 3.15. The van der Waals surface area contributed by atoms with Gasteiger partial charge in [-0.1, -0.05) is 36.8 Å². The Labute approximate surface area is 86.1 Å². The molecule has 0 aliphatic carbocycles. The molecule has 0 spiro atoms. The van der Waals surface area contributed by atoms with Gasteiger partial charge in [0.25, 0.3) is 0 Å². The summed E-state index contributed by atoms with van der Waals surface area (Å²) in [6, 6.07) is 8.49. The van der Waals surface area contributed by atoms with E-state index in [0.29, 0.717) is 12.3 Å². The molecule has 1 nitrogen and oxygen atoms in total. The molecular weight excluding hydrogens is 172 g/mol. The Bertz CT molecular complexity index is 315. The first-order valence-electron chi connectivity index (χ1n) is 5.13. The third-order valence-corrected chi connectivity index (χ3v) is 2.30. The second-order valence-electron chi connectivity index (χ2n) is 4.20. The Balaban J connectivity index is 2.55. The SMILES string of the molecule is CC(=O)CC(C)Cc1cccc(C)c1. The van der Waals surface area contributed by atoms with Crippen LogP contribution in [0, 0.1) is 12.8 Å².